The highest BCUT2D eigenvalue weighted by atomic mass is 79.9. The number of nitrogens with zero attached hydrogens (tertiary/aromatic N) is 2. The fourth-order valence-electron chi connectivity index (χ4n) is 1.50. The molecule has 1 heterocycles. The number of nitrogens with one attached hydrogen (secondary N) is 2. The summed E-state index contributed by atoms with van der Waals surface area (Å²) in [5.41, 5.74) is 0.718. The van der Waals surface area contributed by atoms with Crippen molar-refractivity contribution in [3.63, 3.8) is 0 Å². The molecule has 0 aliphatic carbocycles. The molecule has 0 aliphatic heterocycles. The maximum Gasteiger partial charge on any atom is 0.170 e. The molecular weight excluding hydrogens is 383 g/mol. The molecule has 2 rings (SSSR count). The van der Waals surface area contributed by atoms with Crippen molar-refractivity contribution < 1.29 is 0 Å². The third-order valence-corrected chi connectivity index (χ3v) is 3.61. The van der Waals surface area contributed by atoms with Gasteiger partial charge in [0.15, 0.2) is 5.11 Å². The molecule has 0 fully saturated rings. The Kier molecular flexibility index (Phi) is 5.65. The van der Waals surface area contributed by atoms with Gasteiger partial charge in [0.25, 0.3) is 0 Å². The summed E-state index contributed by atoms with van der Waals surface area (Å²) < 4.78 is 2.76. The van der Waals surface area contributed by atoms with E-state index < -0.39 is 0 Å². The van der Waals surface area contributed by atoms with Crippen molar-refractivity contribution in [2.45, 2.75) is 6.54 Å². The molecule has 0 amide bonds. The van der Waals surface area contributed by atoms with Gasteiger partial charge in [0.05, 0.1) is 27.9 Å². The number of rotatable bonds is 4. The van der Waals surface area contributed by atoms with Crippen molar-refractivity contribution >= 4 is 62.1 Å². The summed E-state index contributed by atoms with van der Waals surface area (Å²) in [5.74, 6) is 0. The van der Waals surface area contributed by atoms with Crippen LogP contribution in [0.1, 0.15) is 0 Å². The van der Waals surface area contributed by atoms with E-state index in [1.165, 1.54) is 0 Å². The van der Waals surface area contributed by atoms with E-state index in [1.807, 2.05) is 10.9 Å². The molecule has 2 aromatic rings. The smallest absolute Gasteiger partial charge is 0.170 e. The quantitative estimate of drug-likeness (QED) is 0.772. The van der Waals surface area contributed by atoms with Crippen molar-refractivity contribution in [2.24, 2.45) is 0 Å². The Morgan fingerprint density at radius 1 is 1.40 bits per heavy atom. The largest absolute Gasteiger partial charge is 0.361 e. The van der Waals surface area contributed by atoms with E-state index in [4.69, 9.17) is 35.4 Å². The van der Waals surface area contributed by atoms with Crippen LogP contribution in [0.3, 0.4) is 0 Å². The molecule has 0 saturated carbocycles. The van der Waals surface area contributed by atoms with Crippen LogP contribution in [0, 0.1) is 0 Å². The van der Waals surface area contributed by atoms with E-state index in [1.54, 1.807) is 24.4 Å². The number of anilines is 1. The Labute approximate surface area is 140 Å². The van der Waals surface area contributed by atoms with Crippen LogP contribution < -0.4 is 10.6 Å². The number of thiocarbonyl (C=S) groups is 1. The second-order valence-corrected chi connectivity index (χ2v) is 6.09. The first kappa shape index (κ1) is 15.6. The van der Waals surface area contributed by atoms with Gasteiger partial charge in [-0.1, -0.05) is 23.2 Å². The third kappa shape index (κ3) is 4.63. The highest BCUT2D eigenvalue weighted by Crippen LogP contribution is 2.25. The Morgan fingerprint density at radius 2 is 2.20 bits per heavy atom. The van der Waals surface area contributed by atoms with E-state index in [-0.39, 0.29) is 0 Å². The number of hydrogen-bond acceptors (Lipinski definition) is 2. The summed E-state index contributed by atoms with van der Waals surface area (Å²) in [6.45, 7) is 1.37. The number of aromatic nitrogens is 2. The van der Waals surface area contributed by atoms with Gasteiger partial charge >= 0.3 is 0 Å². The summed E-state index contributed by atoms with van der Waals surface area (Å²) >= 11 is 20.4. The van der Waals surface area contributed by atoms with Crippen LogP contribution in [0.2, 0.25) is 10.0 Å². The molecule has 0 bridgehead atoms. The van der Waals surface area contributed by atoms with Gasteiger partial charge in [-0.15, -0.1) is 0 Å². The van der Waals surface area contributed by atoms with Gasteiger partial charge in [0, 0.05) is 17.8 Å². The zero-order valence-corrected chi connectivity index (χ0v) is 14.2. The van der Waals surface area contributed by atoms with Gasteiger partial charge in [-0.25, -0.2) is 0 Å². The number of hydrogen-bond donors (Lipinski definition) is 2. The lowest BCUT2D eigenvalue weighted by atomic mass is 10.3. The second kappa shape index (κ2) is 7.26. The average Bonchev–Trinajstić information content (AvgIpc) is 2.79. The Bertz CT molecular complexity index is 617. The highest BCUT2D eigenvalue weighted by Gasteiger charge is 2.03. The molecule has 1 aromatic carbocycles. The van der Waals surface area contributed by atoms with Crippen molar-refractivity contribution in [3.8, 4) is 0 Å². The van der Waals surface area contributed by atoms with Gasteiger partial charge in [0.1, 0.15) is 0 Å². The van der Waals surface area contributed by atoms with Crippen LogP contribution in [0.25, 0.3) is 0 Å². The van der Waals surface area contributed by atoms with E-state index in [0.29, 0.717) is 28.2 Å². The molecule has 1 aromatic heterocycles. The minimum absolute atomic E-state index is 0.500. The SMILES string of the molecule is S=C(NCCn1cc(Br)cn1)Nc1ccc(Cl)cc1Cl. The standard InChI is InChI=1S/C12H11BrCl2N4S/c13-8-6-17-19(7-8)4-3-16-12(20)18-11-2-1-9(14)5-10(11)15/h1-2,5-7H,3-4H2,(H2,16,18,20). The first-order valence-electron chi connectivity index (χ1n) is 5.72. The summed E-state index contributed by atoms with van der Waals surface area (Å²) in [6, 6.07) is 5.19. The van der Waals surface area contributed by atoms with E-state index in [2.05, 4.69) is 31.7 Å². The molecule has 2 N–H and O–H groups in total. The number of halogens is 3. The Hall–Kier alpha value is -0.820. The molecule has 20 heavy (non-hydrogen) atoms. The summed E-state index contributed by atoms with van der Waals surface area (Å²) in [5, 5.41) is 11.9. The van der Waals surface area contributed by atoms with Crippen molar-refractivity contribution in [1.82, 2.24) is 15.1 Å². The molecule has 0 saturated heterocycles. The molecule has 0 radical (unpaired) electrons. The van der Waals surface area contributed by atoms with Crippen LogP contribution in [-0.4, -0.2) is 21.4 Å². The van der Waals surface area contributed by atoms with Gasteiger partial charge < -0.3 is 10.6 Å². The topological polar surface area (TPSA) is 41.9 Å². The first-order chi connectivity index (χ1) is 9.54. The lowest BCUT2D eigenvalue weighted by Gasteiger charge is -2.11. The average molecular weight is 394 g/mol. The lowest BCUT2D eigenvalue weighted by molar-refractivity contribution is 0.604. The van der Waals surface area contributed by atoms with Gasteiger partial charge in [-0.05, 0) is 46.3 Å². The first-order valence-corrected chi connectivity index (χ1v) is 7.68. The molecule has 0 aliphatic rings. The maximum atomic E-state index is 6.05. The van der Waals surface area contributed by atoms with Crippen molar-refractivity contribution in [2.75, 3.05) is 11.9 Å². The zero-order chi connectivity index (χ0) is 14.5. The predicted octanol–water partition coefficient (Wildman–Crippen LogP) is 3.94. The molecule has 0 atom stereocenters. The molecule has 106 valence electrons. The lowest BCUT2D eigenvalue weighted by Crippen LogP contribution is -2.31. The normalized spacial score (nSPS) is 10.3. The molecular formula is C12H11BrCl2N4S. The molecule has 0 spiro atoms. The van der Waals surface area contributed by atoms with E-state index in [0.717, 1.165) is 10.2 Å². The molecule has 8 heteroatoms. The van der Waals surface area contributed by atoms with Crippen LogP contribution in [0.15, 0.2) is 35.1 Å². The van der Waals surface area contributed by atoms with Gasteiger partial charge in [-0.3, -0.25) is 4.68 Å². The minimum atomic E-state index is 0.500. The van der Waals surface area contributed by atoms with Gasteiger partial charge in [-0.2, -0.15) is 5.10 Å². The Balaban J connectivity index is 1.80. The van der Waals surface area contributed by atoms with Crippen molar-refractivity contribution in [1.29, 1.82) is 0 Å². The van der Waals surface area contributed by atoms with Crippen LogP contribution in [-0.2, 0) is 6.54 Å². The third-order valence-electron chi connectivity index (χ3n) is 2.41. The van der Waals surface area contributed by atoms with E-state index >= 15 is 0 Å². The summed E-state index contributed by atoms with van der Waals surface area (Å²) in [6.07, 6.45) is 3.64. The van der Waals surface area contributed by atoms with Crippen LogP contribution in [0.5, 0.6) is 0 Å². The monoisotopic (exact) mass is 392 g/mol. The van der Waals surface area contributed by atoms with Gasteiger partial charge in [0.2, 0.25) is 0 Å². The number of benzene rings is 1. The fraction of sp³-hybridized carbons (Fsp3) is 0.167. The van der Waals surface area contributed by atoms with E-state index in [9.17, 15) is 0 Å². The summed E-state index contributed by atoms with van der Waals surface area (Å²) in [7, 11) is 0. The second-order valence-electron chi connectivity index (χ2n) is 3.93. The highest BCUT2D eigenvalue weighted by molar-refractivity contribution is 9.10. The Morgan fingerprint density at radius 3 is 2.85 bits per heavy atom. The fourth-order valence-corrected chi connectivity index (χ4v) is 2.50. The summed E-state index contributed by atoms with van der Waals surface area (Å²) in [4.78, 5) is 0. The maximum absolute atomic E-state index is 6.05. The van der Waals surface area contributed by atoms with Crippen molar-refractivity contribution in [3.05, 3.63) is 45.1 Å². The zero-order valence-electron chi connectivity index (χ0n) is 10.2. The molecule has 0 unspecified atom stereocenters. The van der Waals surface area contributed by atoms with Crippen LogP contribution >= 0.6 is 51.3 Å². The minimum Gasteiger partial charge on any atom is -0.361 e. The predicted molar refractivity (Wildman–Crippen MR) is 90.6 cm³/mol. The molecule has 4 nitrogen and oxygen atoms in total. The van der Waals surface area contributed by atoms with Crippen LogP contribution in [0.4, 0.5) is 5.69 Å².